The number of H-pyrrole nitrogens is 1. The van der Waals surface area contributed by atoms with Crippen LogP contribution >= 0.6 is 0 Å². The molecule has 1 atom stereocenters. The molecule has 0 spiro atoms. The van der Waals surface area contributed by atoms with E-state index >= 15 is 0 Å². The van der Waals surface area contributed by atoms with Gasteiger partial charge in [-0.3, -0.25) is 0 Å². The maximum absolute atomic E-state index is 13.1. The summed E-state index contributed by atoms with van der Waals surface area (Å²) in [6.07, 6.45) is 2.28. The molecule has 0 aliphatic rings. The van der Waals surface area contributed by atoms with Crippen LogP contribution in [0.5, 0.6) is 0 Å². The Hall–Kier alpha value is -1.58. The number of halogens is 1. The van der Waals surface area contributed by atoms with Gasteiger partial charge >= 0.3 is 0 Å². The normalized spacial score (nSPS) is 13.2. The summed E-state index contributed by atoms with van der Waals surface area (Å²) in [5.74, 6) is 1.09. The summed E-state index contributed by atoms with van der Waals surface area (Å²) < 4.78 is 13.1. The molecule has 98 valence electrons. The van der Waals surface area contributed by atoms with Crippen LogP contribution in [0.4, 0.5) is 10.3 Å². The van der Waals surface area contributed by atoms with Gasteiger partial charge in [0.05, 0.1) is 11.0 Å². The van der Waals surface area contributed by atoms with Gasteiger partial charge in [-0.15, -0.1) is 0 Å². The highest BCUT2D eigenvalue weighted by Crippen LogP contribution is 2.19. The zero-order chi connectivity index (χ0) is 13.1. The van der Waals surface area contributed by atoms with Crippen molar-refractivity contribution in [2.24, 2.45) is 5.92 Å². The smallest absolute Gasteiger partial charge is 0.201 e. The maximum Gasteiger partial charge on any atom is 0.201 e. The van der Waals surface area contributed by atoms with E-state index in [-0.39, 0.29) is 5.82 Å². The van der Waals surface area contributed by atoms with Crippen LogP contribution in [0.1, 0.15) is 33.6 Å². The zero-order valence-electron chi connectivity index (χ0n) is 11.1. The molecule has 0 aliphatic carbocycles. The monoisotopic (exact) mass is 249 g/mol. The highest BCUT2D eigenvalue weighted by Gasteiger charge is 2.14. The fourth-order valence-electron chi connectivity index (χ4n) is 2.38. The van der Waals surface area contributed by atoms with E-state index in [1.165, 1.54) is 12.1 Å². The first kappa shape index (κ1) is 12.9. The molecule has 1 aromatic heterocycles. The van der Waals surface area contributed by atoms with Gasteiger partial charge in [0.1, 0.15) is 5.82 Å². The SMILES string of the molecule is CCC(CC)C(C)Nc1nc2ccc(F)cc2[nH]1. The zero-order valence-corrected chi connectivity index (χ0v) is 11.1. The number of fused-ring (bicyclic) bond motifs is 1. The summed E-state index contributed by atoms with van der Waals surface area (Å²) in [4.78, 5) is 7.52. The number of nitrogens with zero attached hydrogens (tertiary/aromatic N) is 1. The Kier molecular flexibility index (Phi) is 3.84. The summed E-state index contributed by atoms with van der Waals surface area (Å²) in [5, 5.41) is 3.36. The molecular weight excluding hydrogens is 229 g/mol. The third-order valence-corrected chi connectivity index (χ3v) is 3.56. The van der Waals surface area contributed by atoms with Crippen molar-refractivity contribution >= 4 is 17.0 Å². The molecule has 1 aromatic carbocycles. The predicted molar refractivity (Wildman–Crippen MR) is 73.2 cm³/mol. The minimum absolute atomic E-state index is 0.245. The molecule has 0 amide bonds. The van der Waals surface area contributed by atoms with Gasteiger partial charge in [0.15, 0.2) is 0 Å². The van der Waals surface area contributed by atoms with E-state index in [1.54, 1.807) is 6.07 Å². The van der Waals surface area contributed by atoms with Gasteiger partial charge in [0, 0.05) is 6.04 Å². The van der Waals surface area contributed by atoms with Crippen molar-refractivity contribution < 1.29 is 4.39 Å². The van der Waals surface area contributed by atoms with Gasteiger partial charge in [-0.2, -0.15) is 0 Å². The Morgan fingerprint density at radius 3 is 2.72 bits per heavy atom. The number of imidazole rings is 1. The second kappa shape index (κ2) is 5.38. The Labute approximate surface area is 107 Å². The van der Waals surface area contributed by atoms with Gasteiger partial charge in [0.2, 0.25) is 5.95 Å². The van der Waals surface area contributed by atoms with Crippen LogP contribution in [-0.4, -0.2) is 16.0 Å². The molecule has 0 aliphatic heterocycles. The second-order valence-corrected chi connectivity index (χ2v) is 4.76. The molecule has 1 heterocycles. The second-order valence-electron chi connectivity index (χ2n) is 4.76. The predicted octanol–water partition coefficient (Wildman–Crippen LogP) is 3.94. The molecule has 4 heteroatoms. The van der Waals surface area contributed by atoms with Crippen molar-refractivity contribution in [3.8, 4) is 0 Å². The molecule has 0 radical (unpaired) electrons. The van der Waals surface area contributed by atoms with Crippen molar-refractivity contribution in [2.45, 2.75) is 39.7 Å². The molecule has 1 unspecified atom stereocenters. The summed E-state index contributed by atoms with van der Waals surface area (Å²) in [5.41, 5.74) is 1.52. The molecule has 2 rings (SSSR count). The number of anilines is 1. The van der Waals surface area contributed by atoms with Crippen LogP contribution in [0.15, 0.2) is 18.2 Å². The van der Waals surface area contributed by atoms with Gasteiger partial charge in [-0.25, -0.2) is 9.37 Å². The van der Waals surface area contributed by atoms with E-state index in [0.717, 1.165) is 29.8 Å². The van der Waals surface area contributed by atoms with Crippen molar-refractivity contribution in [1.82, 2.24) is 9.97 Å². The van der Waals surface area contributed by atoms with E-state index in [0.29, 0.717) is 12.0 Å². The van der Waals surface area contributed by atoms with Crippen molar-refractivity contribution in [3.05, 3.63) is 24.0 Å². The van der Waals surface area contributed by atoms with Gasteiger partial charge in [-0.05, 0) is 31.0 Å². The Bertz CT molecular complexity index is 517. The van der Waals surface area contributed by atoms with Crippen LogP contribution in [0.3, 0.4) is 0 Å². The number of aromatic amines is 1. The van der Waals surface area contributed by atoms with Gasteiger partial charge in [-0.1, -0.05) is 26.7 Å². The van der Waals surface area contributed by atoms with Crippen LogP contribution in [0, 0.1) is 11.7 Å². The number of hydrogen-bond acceptors (Lipinski definition) is 2. The highest BCUT2D eigenvalue weighted by molar-refractivity contribution is 5.77. The number of nitrogens with one attached hydrogen (secondary N) is 2. The Morgan fingerprint density at radius 1 is 1.33 bits per heavy atom. The largest absolute Gasteiger partial charge is 0.353 e. The minimum Gasteiger partial charge on any atom is -0.353 e. The Morgan fingerprint density at radius 2 is 2.06 bits per heavy atom. The van der Waals surface area contributed by atoms with Crippen molar-refractivity contribution in [2.75, 3.05) is 5.32 Å². The average molecular weight is 249 g/mol. The van der Waals surface area contributed by atoms with Gasteiger partial charge in [0.25, 0.3) is 0 Å². The lowest BCUT2D eigenvalue weighted by Crippen LogP contribution is -2.25. The number of rotatable bonds is 5. The minimum atomic E-state index is -0.245. The fourth-order valence-corrected chi connectivity index (χ4v) is 2.38. The van der Waals surface area contributed by atoms with Crippen LogP contribution in [0.25, 0.3) is 11.0 Å². The first-order valence-electron chi connectivity index (χ1n) is 6.55. The van der Waals surface area contributed by atoms with Gasteiger partial charge < -0.3 is 10.3 Å². The highest BCUT2D eigenvalue weighted by atomic mass is 19.1. The molecule has 0 bridgehead atoms. The van der Waals surface area contributed by atoms with Crippen LogP contribution in [0.2, 0.25) is 0 Å². The quantitative estimate of drug-likeness (QED) is 0.842. The van der Waals surface area contributed by atoms with E-state index in [9.17, 15) is 4.39 Å². The number of benzene rings is 1. The molecular formula is C14H20FN3. The molecule has 2 aromatic rings. The van der Waals surface area contributed by atoms with E-state index < -0.39 is 0 Å². The summed E-state index contributed by atoms with van der Waals surface area (Å²) in [6, 6.07) is 4.94. The molecule has 18 heavy (non-hydrogen) atoms. The lowest BCUT2D eigenvalue weighted by molar-refractivity contribution is 0.436. The lowest BCUT2D eigenvalue weighted by atomic mass is 9.96. The van der Waals surface area contributed by atoms with E-state index in [4.69, 9.17) is 0 Å². The third kappa shape index (κ3) is 2.63. The average Bonchev–Trinajstić information content (AvgIpc) is 2.71. The first-order valence-corrected chi connectivity index (χ1v) is 6.55. The Balaban J connectivity index is 2.16. The molecule has 3 nitrogen and oxygen atoms in total. The fraction of sp³-hybridized carbons (Fsp3) is 0.500. The van der Waals surface area contributed by atoms with E-state index in [1.807, 2.05) is 0 Å². The first-order chi connectivity index (χ1) is 8.63. The van der Waals surface area contributed by atoms with Crippen LogP contribution in [-0.2, 0) is 0 Å². The topological polar surface area (TPSA) is 40.7 Å². The molecule has 2 N–H and O–H groups in total. The molecule has 0 fully saturated rings. The molecule has 0 saturated heterocycles. The lowest BCUT2D eigenvalue weighted by Gasteiger charge is -2.21. The summed E-state index contributed by atoms with van der Waals surface area (Å²) in [6.45, 7) is 6.55. The third-order valence-electron chi connectivity index (χ3n) is 3.56. The summed E-state index contributed by atoms with van der Waals surface area (Å²) in [7, 11) is 0. The summed E-state index contributed by atoms with van der Waals surface area (Å²) >= 11 is 0. The van der Waals surface area contributed by atoms with Crippen LogP contribution < -0.4 is 5.32 Å². The number of hydrogen-bond donors (Lipinski definition) is 2. The van der Waals surface area contributed by atoms with E-state index in [2.05, 4.69) is 36.1 Å². The standard InChI is InChI=1S/C14H20FN3/c1-4-10(5-2)9(3)16-14-17-12-7-6-11(15)8-13(12)18-14/h6-10H,4-5H2,1-3H3,(H2,16,17,18). The number of aromatic nitrogens is 2. The molecule has 0 saturated carbocycles. The van der Waals surface area contributed by atoms with Crippen molar-refractivity contribution in [3.63, 3.8) is 0 Å². The maximum atomic E-state index is 13.1. The van der Waals surface area contributed by atoms with Crippen molar-refractivity contribution in [1.29, 1.82) is 0 Å².